The number of carbonyl (C=O) groups is 2. The number of nitrogens with zero attached hydrogens (tertiary/aromatic N) is 2. The van der Waals surface area contributed by atoms with Crippen LogP contribution in [0.4, 0.5) is 10.1 Å². The summed E-state index contributed by atoms with van der Waals surface area (Å²) in [6.45, 7) is 5.79. The Morgan fingerprint density at radius 2 is 1.70 bits per heavy atom. The van der Waals surface area contributed by atoms with Gasteiger partial charge in [0.15, 0.2) is 5.78 Å². The van der Waals surface area contributed by atoms with Gasteiger partial charge < -0.3 is 5.32 Å². The van der Waals surface area contributed by atoms with Crippen LogP contribution in [0.3, 0.4) is 0 Å². The molecule has 0 atom stereocenters. The van der Waals surface area contributed by atoms with Crippen molar-refractivity contribution < 1.29 is 14.0 Å². The van der Waals surface area contributed by atoms with Gasteiger partial charge in [-0.2, -0.15) is 0 Å². The van der Waals surface area contributed by atoms with Crippen LogP contribution in [-0.2, 0) is 11.3 Å². The van der Waals surface area contributed by atoms with E-state index in [1.807, 2.05) is 6.07 Å². The van der Waals surface area contributed by atoms with Crippen LogP contribution in [0.5, 0.6) is 0 Å². The van der Waals surface area contributed by atoms with Crippen LogP contribution >= 0.6 is 0 Å². The third kappa shape index (κ3) is 5.70. The maximum absolute atomic E-state index is 13.3. The highest BCUT2D eigenvalue weighted by Gasteiger charge is 2.19. The first-order valence-electron chi connectivity index (χ1n) is 9.09. The van der Waals surface area contributed by atoms with Gasteiger partial charge in [0.1, 0.15) is 5.82 Å². The molecule has 1 aliphatic rings. The molecule has 1 saturated heterocycles. The number of piperazine rings is 1. The molecule has 1 aliphatic heterocycles. The first-order chi connectivity index (χ1) is 13.0. The van der Waals surface area contributed by atoms with Crippen LogP contribution in [0, 0.1) is 5.82 Å². The summed E-state index contributed by atoms with van der Waals surface area (Å²) in [4.78, 5) is 28.1. The number of nitrogens with one attached hydrogen (secondary N) is 1. The van der Waals surface area contributed by atoms with E-state index in [1.54, 1.807) is 36.4 Å². The second-order valence-corrected chi connectivity index (χ2v) is 6.87. The zero-order chi connectivity index (χ0) is 19.2. The van der Waals surface area contributed by atoms with Gasteiger partial charge in [0.05, 0.1) is 6.54 Å². The molecule has 0 aliphatic carbocycles. The van der Waals surface area contributed by atoms with Gasteiger partial charge in [-0.25, -0.2) is 4.39 Å². The molecule has 1 amide bonds. The quantitative estimate of drug-likeness (QED) is 0.796. The van der Waals surface area contributed by atoms with Crippen molar-refractivity contribution in [1.29, 1.82) is 0 Å². The topological polar surface area (TPSA) is 52.7 Å². The highest BCUT2D eigenvalue weighted by molar-refractivity contribution is 5.97. The van der Waals surface area contributed by atoms with Crippen LogP contribution in [-0.4, -0.2) is 54.2 Å². The van der Waals surface area contributed by atoms with Crippen molar-refractivity contribution in [3.63, 3.8) is 0 Å². The average molecular weight is 369 g/mol. The minimum atomic E-state index is -0.211. The fourth-order valence-electron chi connectivity index (χ4n) is 3.22. The number of ketones is 1. The van der Waals surface area contributed by atoms with E-state index in [-0.39, 0.29) is 17.5 Å². The molecular formula is C21H24FN3O2. The number of hydrogen-bond acceptors (Lipinski definition) is 4. The molecule has 3 rings (SSSR count). The Bertz CT molecular complexity index is 817. The maximum Gasteiger partial charge on any atom is 0.238 e. The molecule has 0 bridgehead atoms. The van der Waals surface area contributed by atoms with E-state index in [4.69, 9.17) is 0 Å². The Morgan fingerprint density at radius 3 is 2.41 bits per heavy atom. The standard InChI is InChI=1S/C21H24FN3O2/c1-16(26)18-5-3-7-20(13-18)23-21(27)15-25-10-8-24(9-11-25)14-17-4-2-6-19(22)12-17/h2-7,12-13H,8-11,14-15H2,1H3,(H,23,27). The van der Waals surface area contributed by atoms with Crippen molar-refractivity contribution in [2.75, 3.05) is 38.0 Å². The number of hydrogen-bond donors (Lipinski definition) is 1. The first-order valence-corrected chi connectivity index (χ1v) is 9.09. The van der Waals surface area contributed by atoms with Crippen molar-refractivity contribution in [3.8, 4) is 0 Å². The summed E-state index contributed by atoms with van der Waals surface area (Å²) in [5, 5.41) is 2.85. The average Bonchev–Trinajstić information content (AvgIpc) is 2.63. The van der Waals surface area contributed by atoms with Gasteiger partial charge in [-0.15, -0.1) is 0 Å². The van der Waals surface area contributed by atoms with Crippen molar-refractivity contribution >= 4 is 17.4 Å². The Labute approximate surface area is 158 Å². The molecule has 1 heterocycles. The molecule has 5 nitrogen and oxygen atoms in total. The lowest BCUT2D eigenvalue weighted by Gasteiger charge is -2.34. The van der Waals surface area contributed by atoms with Crippen LogP contribution < -0.4 is 5.32 Å². The van der Waals surface area contributed by atoms with Crippen molar-refractivity contribution in [3.05, 3.63) is 65.5 Å². The van der Waals surface area contributed by atoms with E-state index in [2.05, 4.69) is 15.1 Å². The van der Waals surface area contributed by atoms with Gasteiger partial charge in [-0.3, -0.25) is 19.4 Å². The van der Waals surface area contributed by atoms with Gasteiger partial charge in [0.2, 0.25) is 5.91 Å². The fourth-order valence-corrected chi connectivity index (χ4v) is 3.22. The molecule has 142 valence electrons. The summed E-state index contributed by atoms with van der Waals surface area (Å²) in [5.74, 6) is -0.327. The largest absolute Gasteiger partial charge is 0.325 e. The lowest BCUT2D eigenvalue weighted by molar-refractivity contribution is -0.117. The lowest BCUT2D eigenvalue weighted by atomic mass is 10.1. The van der Waals surface area contributed by atoms with E-state index >= 15 is 0 Å². The van der Waals surface area contributed by atoms with Crippen molar-refractivity contribution in [2.24, 2.45) is 0 Å². The molecule has 0 radical (unpaired) electrons. The van der Waals surface area contributed by atoms with E-state index in [0.29, 0.717) is 17.8 Å². The molecule has 2 aromatic rings. The van der Waals surface area contributed by atoms with Gasteiger partial charge >= 0.3 is 0 Å². The van der Waals surface area contributed by atoms with Gasteiger partial charge in [-0.1, -0.05) is 24.3 Å². The molecule has 2 aromatic carbocycles. The van der Waals surface area contributed by atoms with E-state index in [1.165, 1.54) is 13.0 Å². The molecular weight excluding hydrogens is 345 g/mol. The number of benzene rings is 2. The summed E-state index contributed by atoms with van der Waals surface area (Å²) in [6, 6.07) is 13.6. The molecule has 1 N–H and O–H groups in total. The highest BCUT2D eigenvalue weighted by Crippen LogP contribution is 2.12. The molecule has 0 aromatic heterocycles. The Balaban J connectivity index is 1.45. The number of rotatable bonds is 6. The van der Waals surface area contributed by atoms with Crippen LogP contribution in [0.15, 0.2) is 48.5 Å². The normalized spacial score (nSPS) is 15.5. The molecule has 27 heavy (non-hydrogen) atoms. The monoisotopic (exact) mass is 369 g/mol. The maximum atomic E-state index is 13.3. The minimum Gasteiger partial charge on any atom is -0.325 e. The third-order valence-corrected chi connectivity index (χ3v) is 4.68. The second kappa shape index (κ2) is 8.88. The van der Waals surface area contributed by atoms with Crippen LogP contribution in [0.1, 0.15) is 22.8 Å². The van der Waals surface area contributed by atoms with Gasteiger partial charge in [-0.05, 0) is 36.8 Å². The lowest BCUT2D eigenvalue weighted by Crippen LogP contribution is -2.48. The first kappa shape index (κ1) is 19.2. The summed E-state index contributed by atoms with van der Waals surface area (Å²) in [6.07, 6.45) is 0. The summed E-state index contributed by atoms with van der Waals surface area (Å²) in [7, 11) is 0. The van der Waals surface area contributed by atoms with E-state index < -0.39 is 0 Å². The Kier molecular flexibility index (Phi) is 6.32. The smallest absolute Gasteiger partial charge is 0.238 e. The number of halogens is 1. The van der Waals surface area contributed by atoms with E-state index in [0.717, 1.165) is 38.3 Å². The number of carbonyl (C=O) groups excluding carboxylic acids is 2. The molecule has 0 unspecified atom stereocenters. The van der Waals surface area contributed by atoms with Crippen molar-refractivity contribution in [2.45, 2.75) is 13.5 Å². The SMILES string of the molecule is CC(=O)c1cccc(NC(=O)CN2CCN(Cc3cccc(F)c3)CC2)c1. The third-order valence-electron chi connectivity index (χ3n) is 4.68. The van der Waals surface area contributed by atoms with Gasteiger partial charge in [0.25, 0.3) is 0 Å². The number of Topliss-reactive ketones (excluding diaryl/α,β-unsaturated/α-hetero) is 1. The van der Waals surface area contributed by atoms with E-state index in [9.17, 15) is 14.0 Å². The summed E-state index contributed by atoms with van der Waals surface area (Å²) >= 11 is 0. The predicted octanol–water partition coefficient (Wildman–Crippen LogP) is 2.78. The highest BCUT2D eigenvalue weighted by atomic mass is 19.1. The zero-order valence-corrected chi connectivity index (χ0v) is 15.5. The summed E-state index contributed by atoms with van der Waals surface area (Å²) in [5.41, 5.74) is 2.18. The zero-order valence-electron chi connectivity index (χ0n) is 15.5. The van der Waals surface area contributed by atoms with Crippen LogP contribution in [0.2, 0.25) is 0 Å². The molecule has 0 saturated carbocycles. The van der Waals surface area contributed by atoms with Gasteiger partial charge in [0, 0.05) is 44.0 Å². The Hall–Kier alpha value is -2.57. The number of anilines is 1. The van der Waals surface area contributed by atoms with Crippen molar-refractivity contribution in [1.82, 2.24) is 9.80 Å². The molecule has 6 heteroatoms. The predicted molar refractivity (Wildman–Crippen MR) is 103 cm³/mol. The summed E-state index contributed by atoms with van der Waals surface area (Å²) < 4.78 is 13.3. The number of amides is 1. The minimum absolute atomic E-state index is 0.0273. The Morgan fingerprint density at radius 1 is 1.00 bits per heavy atom. The second-order valence-electron chi connectivity index (χ2n) is 6.87. The molecule has 1 fully saturated rings. The fraction of sp³-hybridized carbons (Fsp3) is 0.333. The molecule has 0 spiro atoms. The van der Waals surface area contributed by atoms with Crippen LogP contribution in [0.25, 0.3) is 0 Å².